The van der Waals surface area contributed by atoms with Crippen molar-refractivity contribution in [2.45, 2.75) is 0 Å². The Morgan fingerprint density at radius 2 is 1.03 bits per heavy atom. The van der Waals surface area contributed by atoms with Gasteiger partial charge in [0.25, 0.3) is 0 Å². The lowest BCUT2D eigenvalue weighted by Crippen LogP contribution is -2.26. The first-order valence-corrected chi connectivity index (χ1v) is 13.3. The Labute approximate surface area is 198 Å². The second kappa shape index (κ2) is 7.29. The fourth-order valence-electron chi connectivity index (χ4n) is 5.50. The molecule has 0 amide bonds. The van der Waals surface area contributed by atoms with Crippen molar-refractivity contribution in [3.05, 3.63) is 127 Å². The molecule has 1 aliphatic heterocycles. The van der Waals surface area contributed by atoms with Gasteiger partial charge in [0.1, 0.15) is 0 Å². The maximum absolute atomic E-state index is 15.7. The first-order chi connectivity index (χ1) is 16.7. The number of rotatable bonds is 1. The minimum absolute atomic E-state index is 0.873. The molecule has 1 aliphatic rings. The smallest absolute Gasteiger partial charge is 0.172 e. The molecule has 0 radical (unpaired) electrons. The summed E-state index contributed by atoms with van der Waals surface area (Å²) in [6.07, 6.45) is 0. The Balaban J connectivity index is 1.76. The Morgan fingerprint density at radius 1 is 0.441 bits per heavy atom. The summed E-state index contributed by atoms with van der Waals surface area (Å²) in [5.74, 6) is 0. The second-order valence-electron chi connectivity index (χ2n) is 8.89. The Kier molecular flexibility index (Phi) is 4.19. The van der Waals surface area contributed by atoms with E-state index in [1.165, 1.54) is 10.8 Å². The van der Waals surface area contributed by atoms with Gasteiger partial charge >= 0.3 is 0 Å². The van der Waals surface area contributed by atoms with Gasteiger partial charge in [0.15, 0.2) is 7.14 Å². The lowest BCUT2D eigenvalue weighted by atomic mass is 9.90. The molecular weight excluding hydrogens is 431 g/mol. The van der Waals surface area contributed by atoms with E-state index in [0.29, 0.717) is 0 Å². The highest BCUT2D eigenvalue weighted by Crippen LogP contribution is 2.53. The molecule has 0 saturated heterocycles. The van der Waals surface area contributed by atoms with E-state index < -0.39 is 7.14 Å². The molecule has 1 atom stereocenters. The molecule has 7 rings (SSSR count). The standard InChI is InChI=1S/C32H21OP/c33-34(25-13-2-1-3-14-25)31-17-9-8-16-27(31)29-20-23-11-4-5-12-24(23)21-30(29)28-19-18-22-10-6-7-15-26(22)32(28)34/h1-21H. The van der Waals surface area contributed by atoms with E-state index in [1.54, 1.807) is 0 Å². The maximum atomic E-state index is 15.7. The highest BCUT2D eigenvalue weighted by atomic mass is 31.2. The lowest BCUT2D eigenvalue weighted by molar-refractivity contribution is 0.593. The molecule has 2 heteroatoms. The van der Waals surface area contributed by atoms with Crippen LogP contribution >= 0.6 is 7.14 Å². The summed E-state index contributed by atoms with van der Waals surface area (Å²) in [6, 6.07) is 44.0. The largest absolute Gasteiger partial charge is 0.309 e. The summed E-state index contributed by atoms with van der Waals surface area (Å²) in [6.45, 7) is 0. The van der Waals surface area contributed by atoms with Crippen LogP contribution in [0.15, 0.2) is 127 Å². The third-order valence-corrected chi connectivity index (χ3v) is 10.3. The van der Waals surface area contributed by atoms with Gasteiger partial charge in [-0.2, -0.15) is 0 Å². The van der Waals surface area contributed by atoms with Crippen LogP contribution in [0.3, 0.4) is 0 Å². The molecule has 6 aromatic carbocycles. The zero-order chi connectivity index (χ0) is 22.7. The summed E-state index contributed by atoms with van der Waals surface area (Å²) in [5, 5.41) is 7.27. The van der Waals surface area contributed by atoms with Crippen LogP contribution < -0.4 is 15.9 Å². The number of fused-ring (bicyclic) bond motifs is 8. The van der Waals surface area contributed by atoms with Gasteiger partial charge in [0.05, 0.1) is 0 Å². The number of hydrogen-bond acceptors (Lipinski definition) is 1. The molecule has 0 N–H and O–H groups in total. The highest BCUT2D eigenvalue weighted by Gasteiger charge is 2.38. The summed E-state index contributed by atoms with van der Waals surface area (Å²) in [4.78, 5) is 0. The third-order valence-electron chi connectivity index (χ3n) is 7.04. The van der Waals surface area contributed by atoms with Gasteiger partial charge in [-0.1, -0.05) is 115 Å². The lowest BCUT2D eigenvalue weighted by Gasteiger charge is -2.23. The van der Waals surface area contributed by atoms with Crippen molar-refractivity contribution in [3.8, 4) is 22.3 Å². The van der Waals surface area contributed by atoms with E-state index >= 15 is 4.57 Å². The van der Waals surface area contributed by atoms with Gasteiger partial charge in [-0.3, -0.25) is 0 Å². The molecule has 1 heterocycles. The van der Waals surface area contributed by atoms with Gasteiger partial charge in [-0.05, 0) is 55.9 Å². The predicted molar refractivity (Wildman–Crippen MR) is 145 cm³/mol. The number of hydrogen-bond donors (Lipinski definition) is 0. The SMILES string of the molecule is O=P1(c2ccccc2)c2ccccc2-c2cc3ccccc3cc2-c2ccc3ccccc3c21. The predicted octanol–water partition coefficient (Wildman–Crippen LogP) is 7.28. The van der Waals surface area contributed by atoms with Gasteiger partial charge in [-0.25, -0.2) is 0 Å². The minimum atomic E-state index is -3.18. The molecule has 34 heavy (non-hydrogen) atoms. The molecule has 0 bridgehead atoms. The summed E-state index contributed by atoms with van der Waals surface area (Å²) < 4.78 is 15.7. The van der Waals surface area contributed by atoms with E-state index in [0.717, 1.165) is 48.9 Å². The van der Waals surface area contributed by atoms with E-state index in [1.807, 2.05) is 42.5 Å². The van der Waals surface area contributed by atoms with Crippen molar-refractivity contribution in [2.24, 2.45) is 0 Å². The van der Waals surface area contributed by atoms with E-state index in [9.17, 15) is 0 Å². The van der Waals surface area contributed by atoms with Crippen molar-refractivity contribution in [3.63, 3.8) is 0 Å². The molecule has 1 unspecified atom stereocenters. The fraction of sp³-hybridized carbons (Fsp3) is 0. The molecule has 0 saturated carbocycles. The first-order valence-electron chi connectivity index (χ1n) is 11.6. The zero-order valence-electron chi connectivity index (χ0n) is 18.5. The van der Waals surface area contributed by atoms with Crippen LogP contribution in [0.4, 0.5) is 0 Å². The molecule has 0 fully saturated rings. The molecule has 0 spiro atoms. The molecule has 160 valence electrons. The first kappa shape index (κ1) is 19.5. The molecule has 0 aromatic heterocycles. The average Bonchev–Trinajstić information content (AvgIpc) is 3.00. The monoisotopic (exact) mass is 452 g/mol. The van der Waals surface area contributed by atoms with Crippen molar-refractivity contribution in [1.82, 2.24) is 0 Å². The Bertz CT molecular complexity index is 1780. The molecule has 0 aliphatic carbocycles. The van der Waals surface area contributed by atoms with Crippen LogP contribution in [0, 0.1) is 0 Å². The average molecular weight is 452 g/mol. The van der Waals surface area contributed by atoms with Crippen LogP contribution in [0.5, 0.6) is 0 Å². The summed E-state index contributed by atoms with van der Waals surface area (Å²) in [5.41, 5.74) is 4.39. The van der Waals surface area contributed by atoms with E-state index in [-0.39, 0.29) is 0 Å². The van der Waals surface area contributed by atoms with Gasteiger partial charge in [0.2, 0.25) is 0 Å². The second-order valence-corrected chi connectivity index (χ2v) is 11.6. The maximum Gasteiger partial charge on any atom is 0.172 e. The summed E-state index contributed by atoms with van der Waals surface area (Å²) >= 11 is 0. The van der Waals surface area contributed by atoms with Crippen LogP contribution in [0.2, 0.25) is 0 Å². The van der Waals surface area contributed by atoms with Crippen LogP contribution in [0.25, 0.3) is 43.8 Å². The highest BCUT2D eigenvalue weighted by molar-refractivity contribution is 7.86. The fourth-order valence-corrected chi connectivity index (χ4v) is 8.78. The van der Waals surface area contributed by atoms with Crippen LogP contribution in [-0.4, -0.2) is 0 Å². The van der Waals surface area contributed by atoms with Crippen molar-refractivity contribution in [2.75, 3.05) is 0 Å². The summed E-state index contributed by atoms with van der Waals surface area (Å²) in [7, 11) is -3.18. The topological polar surface area (TPSA) is 17.1 Å². The zero-order valence-corrected chi connectivity index (χ0v) is 19.4. The van der Waals surface area contributed by atoms with Crippen molar-refractivity contribution < 1.29 is 4.57 Å². The number of benzene rings is 6. The minimum Gasteiger partial charge on any atom is -0.309 e. The van der Waals surface area contributed by atoms with Crippen molar-refractivity contribution >= 4 is 44.6 Å². The van der Waals surface area contributed by atoms with Crippen molar-refractivity contribution in [1.29, 1.82) is 0 Å². The van der Waals surface area contributed by atoms with Crippen LogP contribution in [0.1, 0.15) is 0 Å². The Hall–Kier alpha value is -3.93. The molecule has 1 nitrogen and oxygen atoms in total. The van der Waals surface area contributed by atoms with Crippen LogP contribution in [-0.2, 0) is 4.57 Å². The molecule has 6 aromatic rings. The van der Waals surface area contributed by atoms with E-state index in [2.05, 4.69) is 84.9 Å². The normalized spacial score (nSPS) is 16.5. The van der Waals surface area contributed by atoms with Gasteiger partial charge in [0, 0.05) is 15.9 Å². The van der Waals surface area contributed by atoms with E-state index in [4.69, 9.17) is 0 Å². The Morgan fingerprint density at radius 3 is 1.79 bits per heavy atom. The van der Waals surface area contributed by atoms with Gasteiger partial charge < -0.3 is 4.57 Å². The van der Waals surface area contributed by atoms with Gasteiger partial charge in [-0.15, -0.1) is 0 Å². The quantitative estimate of drug-likeness (QED) is 0.239. The molecular formula is C32H21OP. The third kappa shape index (κ3) is 2.65.